The van der Waals surface area contributed by atoms with Gasteiger partial charge in [0.05, 0.1) is 37.2 Å². The molecular formula is C18H32N4O2S4. The Bertz CT molecular complexity index is 532. The van der Waals surface area contributed by atoms with Gasteiger partial charge in [-0.3, -0.25) is 4.79 Å². The molecule has 0 saturated heterocycles. The largest absolute Gasteiger partial charge is 0.481 e. The van der Waals surface area contributed by atoms with Crippen LogP contribution < -0.4 is 22.9 Å². The number of carboxylic acid groups (broad SMARTS) is 1. The highest BCUT2D eigenvalue weighted by molar-refractivity contribution is 7.82. The average Bonchev–Trinajstić information content (AvgIpc) is 2.57. The first-order chi connectivity index (χ1) is 13.0. The summed E-state index contributed by atoms with van der Waals surface area (Å²) in [4.78, 5) is 13.2. The average molecular weight is 465 g/mol. The van der Waals surface area contributed by atoms with E-state index in [1.807, 2.05) is 6.92 Å². The van der Waals surface area contributed by atoms with E-state index in [-0.39, 0.29) is 31.8 Å². The number of carbonyl (C=O) groups is 1. The molecule has 0 heterocycles. The Hall–Kier alpha value is -0.970. The second kappa shape index (κ2) is 13.3. The van der Waals surface area contributed by atoms with Crippen molar-refractivity contribution in [2.75, 3.05) is 0 Å². The van der Waals surface area contributed by atoms with Gasteiger partial charge in [-0.05, 0) is 32.1 Å². The predicted octanol–water partition coefficient (Wildman–Crippen LogP) is 2.97. The van der Waals surface area contributed by atoms with E-state index in [1.54, 1.807) is 0 Å². The van der Waals surface area contributed by atoms with Gasteiger partial charge in [0.2, 0.25) is 0 Å². The van der Waals surface area contributed by atoms with Crippen LogP contribution in [0.25, 0.3) is 0 Å². The Morgan fingerprint density at radius 2 is 1.11 bits per heavy atom. The van der Waals surface area contributed by atoms with Crippen molar-refractivity contribution in [3.63, 3.8) is 0 Å². The van der Waals surface area contributed by atoms with Gasteiger partial charge in [0.15, 0.2) is 0 Å². The van der Waals surface area contributed by atoms with Crippen molar-refractivity contribution in [2.45, 2.75) is 64.7 Å². The molecule has 10 heteroatoms. The molecule has 160 valence electrons. The van der Waals surface area contributed by atoms with E-state index in [1.165, 1.54) is 0 Å². The summed E-state index contributed by atoms with van der Waals surface area (Å²) in [5, 5.41) is 10.0. The van der Waals surface area contributed by atoms with Crippen LogP contribution in [0.2, 0.25) is 0 Å². The van der Waals surface area contributed by atoms with Crippen molar-refractivity contribution in [1.82, 2.24) is 0 Å². The lowest BCUT2D eigenvalue weighted by Gasteiger charge is -2.31. The molecule has 0 spiro atoms. The molecule has 0 unspecified atom stereocenters. The molecule has 0 atom stereocenters. The van der Waals surface area contributed by atoms with Crippen LogP contribution in [0.4, 0.5) is 0 Å². The molecule has 0 fully saturated rings. The molecule has 0 saturated carbocycles. The van der Waals surface area contributed by atoms with Crippen molar-refractivity contribution in [3.8, 4) is 0 Å². The summed E-state index contributed by atoms with van der Waals surface area (Å²) in [6.45, 7) is 2.04. The summed E-state index contributed by atoms with van der Waals surface area (Å²) in [6, 6.07) is 0. The molecular weight excluding hydrogens is 432 g/mol. The number of unbranched alkanes of at least 4 members (excludes halogenated alkanes) is 1. The van der Waals surface area contributed by atoms with Gasteiger partial charge < -0.3 is 28.0 Å². The third-order valence-corrected chi connectivity index (χ3v) is 6.27. The zero-order valence-corrected chi connectivity index (χ0v) is 19.6. The van der Waals surface area contributed by atoms with Crippen LogP contribution >= 0.6 is 48.9 Å². The number of nitrogens with two attached hydrogens (primary N) is 4. The highest BCUT2D eigenvalue weighted by Gasteiger charge is 2.37. The SMILES string of the molecule is CCCCC(CCCC(C(N)=S)C(N)=S)(CCCC(C(N)=S)C(N)=S)C(=O)O. The van der Waals surface area contributed by atoms with Crippen molar-refractivity contribution in [2.24, 2.45) is 40.2 Å². The summed E-state index contributed by atoms with van der Waals surface area (Å²) < 4.78 is 0. The Kier molecular flexibility index (Phi) is 12.8. The van der Waals surface area contributed by atoms with Crippen LogP contribution in [0.3, 0.4) is 0 Å². The molecule has 0 aliphatic rings. The Balaban J connectivity index is 5.18. The minimum atomic E-state index is -0.843. The molecule has 0 aliphatic heterocycles. The molecule has 0 aromatic heterocycles. The van der Waals surface area contributed by atoms with E-state index >= 15 is 0 Å². The second-order valence-corrected chi connectivity index (χ2v) is 9.07. The standard InChI is InChI=1S/C18H32N4O2S4/c1-2-3-8-18(17(23)24,9-4-6-11(13(19)25)14(20)26)10-5-7-12(15(21)27)16(22)28/h11-12H,2-10H2,1H3,(H2,19,25)(H2,20,26)(H2,21,27)(H2,22,28)(H,23,24). The first kappa shape index (κ1) is 27.0. The Labute approximate surface area is 189 Å². The molecule has 0 aromatic rings. The summed E-state index contributed by atoms with van der Waals surface area (Å²) in [5.41, 5.74) is 21.9. The number of aliphatic carboxylic acids is 1. The van der Waals surface area contributed by atoms with Crippen LogP contribution in [0.1, 0.15) is 64.7 Å². The highest BCUT2D eigenvalue weighted by Crippen LogP contribution is 2.38. The second-order valence-electron chi connectivity index (χ2n) is 7.19. The maximum atomic E-state index is 12.2. The molecule has 6 nitrogen and oxygen atoms in total. The van der Waals surface area contributed by atoms with Gasteiger partial charge in [0.1, 0.15) is 0 Å². The van der Waals surface area contributed by atoms with Gasteiger partial charge in [0.25, 0.3) is 0 Å². The monoisotopic (exact) mass is 464 g/mol. The van der Waals surface area contributed by atoms with Crippen LogP contribution in [0.15, 0.2) is 0 Å². The molecule has 0 aromatic carbocycles. The minimum Gasteiger partial charge on any atom is -0.481 e. The number of carboxylic acids is 1. The van der Waals surface area contributed by atoms with Gasteiger partial charge in [0, 0.05) is 0 Å². The number of thiocarbonyl (C=S) groups is 4. The molecule has 9 N–H and O–H groups in total. The van der Waals surface area contributed by atoms with Crippen molar-refractivity contribution >= 4 is 74.8 Å². The zero-order valence-electron chi connectivity index (χ0n) is 16.3. The third-order valence-electron chi connectivity index (χ3n) is 5.13. The first-order valence-corrected chi connectivity index (χ1v) is 11.0. The Morgan fingerprint density at radius 3 is 1.36 bits per heavy atom. The number of hydrogen-bond donors (Lipinski definition) is 5. The summed E-state index contributed by atoms with van der Waals surface area (Å²) >= 11 is 20.1. The fraction of sp³-hybridized carbons (Fsp3) is 0.722. The predicted molar refractivity (Wildman–Crippen MR) is 131 cm³/mol. The van der Waals surface area contributed by atoms with Gasteiger partial charge in [-0.1, -0.05) is 81.5 Å². The van der Waals surface area contributed by atoms with Crippen molar-refractivity contribution in [3.05, 3.63) is 0 Å². The fourth-order valence-electron chi connectivity index (χ4n) is 3.35. The summed E-state index contributed by atoms with van der Waals surface area (Å²) in [5.74, 6) is -1.50. The van der Waals surface area contributed by atoms with Crippen LogP contribution in [0, 0.1) is 17.3 Å². The Morgan fingerprint density at radius 1 is 0.786 bits per heavy atom. The van der Waals surface area contributed by atoms with Crippen LogP contribution in [0.5, 0.6) is 0 Å². The van der Waals surface area contributed by atoms with E-state index in [4.69, 9.17) is 71.8 Å². The lowest BCUT2D eigenvalue weighted by Crippen LogP contribution is -2.35. The van der Waals surface area contributed by atoms with Gasteiger partial charge >= 0.3 is 5.97 Å². The van der Waals surface area contributed by atoms with Crippen LogP contribution in [-0.4, -0.2) is 31.0 Å². The number of rotatable bonds is 16. The molecule has 0 amide bonds. The molecule has 0 radical (unpaired) electrons. The smallest absolute Gasteiger partial charge is 0.309 e. The van der Waals surface area contributed by atoms with E-state index in [2.05, 4.69) is 0 Å². The van der Waals surface area contributed by atoms with Gasteiger partial charge in [-0.25, -0.2) is 0 Å². The molecule has 0 rings (SSSR count). The summed E-state index contributed by atoms with van der Waals surface area (Å²) in [7, 11) is 0. The van der Waals surface area contributed by atoms with E-state index < -0.39 is 11.4 Å². The minimum absolute atomic E-state index is 0.248. The highest BCUT2D eigenvalue weighted by atomic mass is 32.1. The van der Waals surface area contributed by atoms with Crippen molar-refractivity contribution in [1.29, 1.82) is 0 Å². The zero-order chi connectivity index (χ0) is 21.9. The van der Waals surface area contributed by atoms with Crippen LogP contribution in [-0.2, 0) is 4.79 Å². The lowest BCUT2D eigenvalue weighted by atomic mass is 9.73. The quantitative estimate of drug-likeness (QED) is 0.216. The van der Waals surface area contributed by atoms with E-state index in [0.29, 0.717) is 44.9 Å². The van der Waals surface area contributed by atoms with E-state index in [0.717, 1.165) is 12.8 Å². The first-order valence-electron chi connectivity index (χ1n) is 9.39. The summed E-state index contributed by atoms with van der Waals surface area (Å²) in [6.07, 6.45) is 5.65. The van der Waals surface area contributed by atoms with Crippen molar-refractivity contribution < 1.29 is 9.90 Å². The number of hydrogen-bond acceptors (Lipinski definition) is 5. The lowest BCUT2D eigenvalue weighted by molar-refractivity contribution is -0.150. The van der Waals surface area contributed by atoms with Gasteiger partial charge in [-0.2, -0.15) is 0 Å². The molecule has 0 bridgehead atoms. The van der Waals surface area contributed by atoms with E-state index in [9.17, 15) is 9.90 Å². The normalized spacial score (nSPS) is 11.5. The molecule has 28 heavy (non-hydrogen) atoms. The maximum absolute atomic E-state index is 12.2. The fourth-order valence-corrected chi connectivity index (χ4v) is 4.48. The van der Waals surface area contributed by atoms with Gasteiger partial charge in [-0.15, -0.1) is 0 Å². The topological polar surface area (TPSA) is 141 Å². The molecule has 0 aliphatic carbocycles. The maximum Gasteiger partial charge on any atom is 0.309 e. The third kappa shape index (κ3) is 9.02.